The van der Waals surface area contributed by atoms with Crippen molar-refractivity contribution in [2.24, 2.45) is 0 Å². The molecule has 1 unspecified atom stereocenters. The zero-order valence-electron chi connectivity index (χ0n) is 10.9. The largest absolute Gasteiger partial charge is 0.353 e. The predicted octanol–water partition coefficient (Wildman–Crippen LogP) is 0.583. The third-order valence-corrected chi connectivity index (χ3v) is 3.03. The SMILES string of the molecule is CC(C)NC(=O)C(C)NC1CCN(C)CC1. The van der Waals surface area contributed by atoms with Crippen LogP contribution in [0.15, 0.2) is 0 Å². The Kier molecular flexibility index (Phi) is 5.22. The number of hydrogen-bond donors (Lipinski definition) is 2. The van der Waals surface area contributed by atoms with Gasteiger partial charge in [0.25, 0.3) is 0 Å². The van der Waals surface area contributed by atoms with E-state index in [1.165, 1.54) is 0 Å². The molecule has 0 radical (unpaired) electrons. The van der Waals surface area contributed by atoms with Gasteiger partial charge in [-0.3, -0.25) is 4.79 Å². The summed E-state index contributed by atoms with van der Waals surface area (Å²) < 4.78 is 0. The second kappa shape index (κ2) is 6.21. The molecule has 1 saturated heterocycles. The molecule has 1 amide bonds. The number of nitrogens with zero attached hydrogens (tertiary/aromatic N) is 1. The minimum Gasteiger partial charge on any atom is -0.353 e. The van der Waals surface area contributed by atoms with Gasteiger partial charge in [0.2, 0.25) is 5.91 Å². The first kappa shape index (κ1) is 13.5. The van der Waals surface area contributed by atoms with Gasteiger partial charge in [0.1, 0.15) is 0 Å². The molecule has 1 fully saturated rings. The summed E-state index contributed by atoms with van der Waals surface area (Å²) >= 11 is 0. The highest BCUT2D eigenvalue weighted by Crippen LogP contribution is 2.08. The molecule has 4 heteroatoms. The summed E-state index contributed by atoms with van der Waals surface area (Å²) in [6.07, 6.45) is 2.27. The Bertz CT molecular complexity index is 222. The summed E-state index contributed by atoms with van der Waals surface area (Å²) in [6.45, 7) is 8.16. The molecule has 1 aliphatic rings. The molecular weight excluding hydrogens is 202 g/mol. The molecule has 0 aromatic rings. The van der Waals surface area contributed by atoms with E-state index in [2.05, 4.69) is 22.6 Å². The van der Waals surface area contributed by atoms with E-state index in [4.69, 9.17) is 0 Å². The first-order chi connectivity index (χ1) is 7.49. The molecule has 1 rings (SSSR count). The van der Waals surface area contributed by atoms with Gasteiger partial charge < -0.3 is 15.5 Å². The topological polar surface area (TPSA) is 44.4 Å². The van der Waals surface area contributed by atoms with E-state index in [1.807, 2.05) is 20.8 Å². The molecule has 0 saturated carbocycles. The minimum absolute atomic E-state index is 0.0872. The van der Waals surface area contributed by atoms with Gasteiger partial charge in [-0.25, -0.2) is 0 Å². The standard InChI is InChI=1S/C12H25N3O/c1-9(2)13-12(16)10(3)14-11-5-7-15(4)8-6-11/h9-11,14H,5-8H2,1-4H3,(H,13,16). The van der Waals surface area contributed by atoms with E-state index < -0.39 is 0 Å². The molecule has 16 heavy (non-hydrogen) atoms. The predicted molar refractivity (Wildman–Crippen MR) is 66.4 cm³/mol. The number of nitrogens with one attached hydrogen (secondary N) is 2. The zero-order valence-corrected chi connectivity index (χ0v) is 10.9. The molecule has 4 nitrogen and oxygen atoms in total. The number of amides is 1. The van der Waals surface area contributed by atoms with Gasteiger partial charge in [0.05, 0.1) is 6.04 Å². The number of hydrogen-bond acceptors (Lipinski definition) is 3. The van der Waals surface area contributed by atoms with E-state index in [9.17, 15) is 4.79 Å². The third kappa shape index (κ3) is 4.49. The molecule has 1 aliphatic heterocycles. The van der Waals surface area contributed by atoms with Crippen LogP contribution in [0.4, 0.5) is 0 Å². The van der Waals surface area contributed by atoms with E-state index in [1.54, 1.807) is 0 Å². The number of likely N-dealkylation sites (tertiary alicyclic amines) is 1. The van der Waals surface area contributed by atoms with Crippen molar-refractivity contribution in [3.8, 4) is 0 Å². The lowest BCUT2D eigenvalue weighted by Gasteiger charge is -2.31. The van der Waals surface area contributed by atoms with E-state index in [0.717, 1.165) is 25.9 Å². The van der Waals surface area contributed by atoms with E-state index >= 15 is 0 Å². The average Bonchev–Trinajstić information content (AvgIpc) is 2.20. The van der Waals surface area contributed by atoms with Crippen molar-refractivity contribution in [1.29, 1.82) is 0 Å². The van der Waals surface area contributed by atoms with Crippen LogP contribution >= 0.6 is 0 Å². The smallest absolute Gasteiger partial charge is 0.237 e. The highest BCUT2D eigenvalue weighted by atomic mass is 16.2. The van der Waals surface area contributed by atoms with Crippen LogP contribution in [0.25, 0.3) is 0 Å². The second-order valence-corrected chi connectivity index (χ2v) is 5.13. The summed E-state index contributed by atoms with van der Waals surface area (Å²) in [5.41, 5.74) is 0. The van der Waals surface area contributed by atoms with Gasteiger partial charge in [-0.2, -0.15) is 0 Å². The molecule has 0 aromatic heterocycles. The summed E-state index contributed by atoms with van der Waals surface area (Å²) in [5.74, 6) is 0.105. The monoisotopic (exact) mass is 227 g/mol. The van der Waals surface area contributed by atoms with Crippen molar-refractivity contribution in [2.75, 3.05) is 20.1 Å². The van der Waals surface area contributed by atoms with Crippen LogP contribution in [-0.4, -0.2) is 49.1 Å². The Labute approximate surface area is 98.8 Å². The van der Waals surface area contributed by atoms with Gasteiger partial charge in [-0.15, -0.1) is 0 Å². The van der Waals surface area contributed by atoms with E-state index in [-0.39, 0.29) is 18.0 Å². The van der Waals surface area contributed by atoms with Crippen molar-refractivity contribution in [1.82, 2.24) is 15.5 Å². The fraction of sp³-hybridized carbons (Fsp3) is 0.917. The van der Waals surface area contributed by atoms with Crippen LogP contribution in [0.2, 0.25) is 0 Å². The van der Waals surface area contributed by atoms with Gasteiger partial charge in [-0.05, 0) is 53.8 Å². The lowest BCUT2D eigenvalue weighted by atomic mass is 10.0. The lowest BCUT2D eigenvalue weighted by molar-refractivity contribution is -0.123. The van der Waals surface area contributed by atoms with Crippen LogP contribution in [-0.2, 0) is 4.79 Å². The highest BCUT2D eigenvalue weighted by molar-refractivity contribution is 5.81. The molecule has 0 spiro atoms. The maximum Gasteiger partial charge on any atom is 0.237 e. The second-order valence-electron chi connectivity index (χ2n) is 5.13. The summed E-state index contributed by atoms with van der Waals surface area (Å²) in [6, 6.07) is 0.620. The molecule has 0 aliphatic carbocycles. The molecule has 2 N–H and O–H groups in total. The lowest BCUT2D eigenvalue weighted by Crippen LogP contribution is -2.50. The Morgan fingerprint density at radius 3 is 2.31 bits per heavy atom. The molecule has 1 heterocycles. The quantitative estimate of drug-likeness (QED) is 0.738. The summed E-state index contributed by atoms with van der Waals surface area (Å²) in [7, 11) is 2.14. The first-order valence-electron chi connectivity index (χ1n) is 6.24. The van der Waals surface area contributed by atoms with E-state index in [0.29, 0.717) is 6.04 Å². The fourth-order valence-corrected chi connectivity index (χ4v) is 2.01. The number of piperidine rings is 1. The van der Waals surface area contributed by atoms with Crippen LogP contribution < -0.4 is 10.6 Å². The average molecular weight is 227 g/mol. The van der Waals surface area contributed by atoms with Gasteiger partial charge >= 0.3 is 0 Å². The van der Waals surface area contributed by atoms with Crippen LogP contribution in [0.1, 0.15) is 33.6 Å². The Balaban J connectivity index is 2.28. The van der Waals surface area contributed by atoms with Gasteiger partial charge in [-0.1, -0.05) is 0 Å². The van der Waals surface area contributed by atoms with Gasteiger partial charge in [0, 0.05) is 12.1 Å². The van der Waals surface area contributed by atoms with Crippen LogP contribution in [0.3, 0.4) is 0 Å². The fourth-order valence-electron chi connectivity index (χ4n) is 2.01. The molecule has 0 aromatic carbocycles. The van der Waals surface area contributed by atoms with Crippen molar-refractivity contribution in [3.05, 3.63) is 0 Å². The molecule has 1 atom stereocenters. The Morgan fingerprint density at radius 2 is 1.81 bits per heavy atom. The third-order valence-electron chi connectivity index (χ3n) is 3.03. The summed E-state index contributed by atoms with van der Waals surface area (Å²) in [5, 5.41) is 6.33. The zero-order chi connectivity index (χ0) is 12.1. The molecular formula is C12H25N3O. The highest BCUT2D eigenvalue weighted by Gasteiger charge is 2.21. The van der Waals surface area contributed by atoms with Crippen molar-refractivity contribution < 1.29 is 4.79 Å². The van der Waals surface area contributed by atoms with Crippen LogP contribution in [0.5, 0.6) is 0 Å². The maximum absolute atomic E-state index is 11.7. The maximum atomic E-state index is 11.7. The number of carbonyl (C=O) groups excluding carboxylic acids is 1. The Morgan fingerprint density at radius 1 is 1.25 bits per heavy atom. The minimum atomic E-state index is -0.0872. The summed E-state index contributed by atoms with van der Waals surface area (Å²) in [4.78, 5) is 14.0. The van der Waals surface area contributed by atoms with Crippen molar-refractivity contribution >= 4 is 5.91 Å². The first-order valence-corrected chi connectivity index (χ1v) is 6.24. The van der Waals surface area contributed by atoms with Crippen molar-refractivity contribution in [3.63, 3.8) is 0 Å². The number of carbonyl (C=O) groups is 1. The number of rotatable bonds is 4. The molecule has 0 bridgehead atoms. The van der Waals surface area contributed by atoms with Gasteiger partial charge in [0.15, 0.2) is 0 Å². The molecule has 94 valence electrons. The Hall–Kier alpha value is -0.610. The van der Waals surface area contributed by atoms with Crippen molar-refractivity contribution in [2.45, 2.75) is 51.7 Å². The van der Waals surface area contributed by atoms with Crippen LogP contribution in [0, 0.1) is 0 Å². The normalized spacial score (nSPS) is 21.1.